The van der Waals surface area contributed by atoms with Gasteiger partial charge in [0.1, 0.15) is 17.5 Å². The van der Waals surface area contributed by atoms with Crippen LogP contribution in [0.5, 0.6) is 0 Å². The molecule has 26 heavy (non-hydrogen) atoms. The zero-order valence-corrected chi connectivity index (χ0v) is 15.2. The standard InChI is InChI=1S/C20H21FN4O/c1-11-5-6-15(9-17(11)21)14(4)23-18-8-7-16(10-22-18)19-24-13(3)12(2)20(26)25-19/h5-10,14H,1-4H3,(H,22,23)(H,24,25,26). The number of H-pyrrole nitrogens is 1. The number of benzene rings is 1. The van der Waals surface area contributed by atoms with Crippen LogP contribution in [-0.2, 0) is 0 Å². The average molecular weight is 352 g/mol. The Balaban J connectivity index is 1.79. The molecule has 6 heteroatoms. The third-order valence-electron chi connectivity index (χ3n) is 4.49. The largest absolute Gasteiger partial charge is 0.364 e. The molecule has 1 atom stereocenters. The lowest BCUT2D eigenvalue weighted by Crippen LogP contribution is -2.14. The number of aromatic nitrogens is 3. The highest BCUT2D eigenvalue weighted by Gasteiger charge is 2.10. The number of nitrogens with one attached hydrogen (secondary N) is 2. The summed E-state index contributed by atoms with van der Waals surface area (Å²) < 4.78 is 13.7. The van der Waals surface area contributed by atoms with E-state index in [0.29, 0.717) is 28.5 Å². The normalized spacial score (nSPS) is 12.0. The van der Waals surface area contributed by atoms with Crippen molar-refractivity contribution in [2.75, 3.05) is 5.32 Å². The Bertz CT molecular complexity index is 996. The van der Waals surface area contributed by atoms with Gasteiger partial charge < -0.3 is 10.3 Å². The van der Waals surface area contributed by atoms with Gasteiger partial charge in [0, 0.05) is 23.0 Å². The highest BCUT2D eigenvalue weighted by atomic mass is 19.1. The summed E-state index contributed by atoms with van der Waals surface area (Å²) in [6, 6.07) is 8.75. The molecular formula is C20H21FN4O. The Morgan fingerprint density at radius 2 is 1.92 bits per heavy atom. The minimum Gasteiger partial charge on any atom is -0.364 e. The molecule has 5 nitrogen and oxygen atoms in total. The van der Waals surface area contributed by atoms with Gasteiger partial charge in [0.05, 0.1) is 6.04 Å². The first-order valence-corrected chi connectivity index (χ1v) is 8.41. The van der Waals surface area contributed by atoms with Gasteiger partial charge in [0.25, 0.3) is 5.56 Å². The number of rotatable bonds is 4. The molecule has 134 valence electrons. The van der Waals surface area contributed by atoms with Gasteiger partial charge >= 0.3 is 0 Å². The van der Waals surface area contributed by atoms with E-state index >= 15 is 0 Å². The lowest BCUT2D eigenvalue weighted by Gasteiger charge is -2.16. The lowest BCUT2D eigenvalue weighted by atomic mass is 10.1. The van der Waals surface area contributed by atoms with Gasteiger partial charge in [0.2, 0.25) is 0 Å². The van der Waals surface area contributed by atoms with Crippen LogP contribution in [0.2, 0.25) is 0 Å². The van der Waals surface area contributed by atoms with Crippen LogP contribution in [0.3, 0.4) is 0 Å². The van der Waals surface area contributed by atoms with E-state index in [-0.39, 0.29) is 17.4 Å². The van der Waals surface area contributed by atoms with Crippen LogP contribution in [0, 0.1) is 26.6 Å². The summed E-state index contributed by atoms with van der Waals surface area (Å²) in [6.07, 6.45) is 1.65. The third kappa shape index (κ3) is 3.64. The molecule has 2 N–H and O–H groups in total. The Morgan fingerprint density at radius 1 is 1.15 bits per heavy atom. The molecule has 0 fully saturated rings. The first-order valence-electron chi connectivity index (χ1n) is 8.41. The second-order valence-electron chi connectivity index (χ2n) is 6.43. The van der Waals surface area contributed by atoms with Crippen molar-refractivity contribution in [1.29, 1.82) is 0 Å². The number of hydrogen-bond donors (Lipinski definition) is 2. The van der Waals surface area contributed by atoms with Gasteiger partial charge in [0.15, 0.2) is 0 Å². The molecule has 2 aromatic heterocycles. The second-order valence-corrected chi connectivity index (χ2v) is 6.43. The quantitative estimate of drug-likeness (QED) is 0.742. The van der Waals surface area contributed by atoms with Crippen LogP contribution >= 0.6 is 0 Å². The maximum Gasteiger partial charge on any atom is 0.254 e. The van der Waals surface area contributed by atoms with Crippen LogP contribution in [0.4, 0.5) is 10.2 Å². The van der Waals surface area contributed by atoms with Crippen molar-refractivity contribution in [2.24, 2.45) is 0 Å². The fraction of sp³-hybridized carbons (Fsp3) is 0.250. The predicted octanol–water partition coefficient (Wildman–Crippen LogP) is 4.07. The molecule has 0 saturated carbocycles. The number of halogens is 1. The zero-order valence-electron chi connectivity index (χ0n) is 15.2. The van der Waals surface area contributed by atoms with Crippen LogP contribution in [0.25, 0.3) is 11.4 Å². The van der Waals surface area contributed by atoms with Gasteiger partial charge in [-0.25, -0.2) is 14.4 Å². The molecule has 0 spiro atoms. The van der Waals surface area contributed by atoms with E-state index in [1.807, 2.05) is 25.1 Å². The van der Waals surface area contributed by atoms with Crippen molar-refractivity contribution in [3.63, 3.8) is 0 Å². The van der Waals surface area contributed by atoms with Gasteiger partial charge in [-0.3, -0.25) is 4.79 Å². The summed E-state index contributed by atoms with van der Waals surface area (Å²) in [7, 11) is 0. The fourth-order valence-corrected chi connectivity index (χ4v) is 2.58. The molecule has 0 aliphatic heterocycles. The first kappa shape index (κ1) is 17.8. The molecular weight excluding hydrogens is 331 g/mol. The van der Waals surface area contributed by atoms with Crippen molar-refractivity contribution in [1.82, 2.24) is 15.0 Å². The van der Waals surface area contributed by atoms with Crippen molar-refractivity contribution >= 4 is 5.82 Å². The third-order valence-corrected chi connectivity index (χ3v) is 4.49. The second kappa shape index (κ2) is 7.07. The lowest BCUT2D eigenvalue weighted by molar-refractivity contribution is 0.614. The van der Waals surface area contributed by atoms with Crippen molar-refractivity contribution in [3.05, 3.63) is 75.1 Å². The minimum absolute atomic E-state index is 0.0944. The summed E-state index contributed by atoms with van der Waals surface area (Å²) in [6.45, 7) is 7.23. The smallest absolute Gasteiger partial charge is 0.254 e. The van der Waals surface area contributed by atoms with Crippen molar-refractivity contribution in [3.8, 4) is 11.4 Å². The molecule has 2 heterocycles. The molecule has 0 saturated heterocycles. The molecule has 3 rings (SSSR count). The average Bonchev–Trinajstić information content (AvgIpc) is 2.62. The van der Waals surface area contributed by atoms with E-state index in [9.17, 15) is 9.18 Å². The van der Waals surface area contributed by atoms with E-state index < -0.39 is 0 Å². The maximum atomic E-state index is 13.7. The monoisotopic (exact) mass is 352 g/mol. The van der Waals surface area contributed by atoms with E-state index in [0.717, 1.165) is 11.1 Å². The number of anilines is 1. The van der Waals surface area contributed by atoms with Gasteiger partial charge in [-0.15, -0.1) is 0 Å². The molecule has 1 aromatic carbocycles. The van der Waals surface area contributed by atoms with Crippen LogP contribution in [-0.4, -0.2) is 15.0 Å². The van der Waals surface area contributed by atoms with Gasteiger partial charge in [-0.05, 0) is 57.0 Å². The summed E-state index contributed by atoms with van der Waals surface area (Å²) in [5.41, 5.74) is 3.35. The molecule has 3 aromatic rings. The highest BCUT2D eigenvalue weighted by Crippen LogP contribution is 2.21. The summed E-state index contributed by atoms with van der Waals surface area (Å²) in [5.74, 6) is 0.934. The van der Waals surface area contributed by atoms with E-state index in [1.54, 1.807) is 33.0 Å². The van der Waals surface area contributed by atoms with Crippen LogP contribution in [0.15, 0.2) is 41.3 Å². The van der Waals surface area contributed by atoms with Crippen molar-refractivity contribution in [2.45, 2.75) is 33.7 Å². The number of nitrogens with zero attached hydrogens (tertiary/aromatic N) is 2. The molecule has 0 aliphatic rings. The highest BCUT2D eigenvalue weighted by molar-refractivity contribution is 5.56. The summed E-state index contributed by atoms with van der Waals surface area (Å²) in [5, 5.41) is 3.25. The predicted molar refractivity (Wildman–Crippen MR) is 101 cm³/mol. The number of hydrogen-bond acceptors (Lipinski definition) is 4. The Hall–Kier alpha value is -3.02. The Labute approximate surface area is 151 Å². The van der Waals surface area contributed by atoms with Gasteiger partial charge in [-0.2, -0.15) is 0 Å². The number of aromatic amines is 1. The molecule has 0 bridgehead atoms. The Morgan fingerprint density at radius 3 is 2.54 bits per heavy atom. The van der Waals surface area contributed by atoms with E-state index in [2.05, 4.69) is 20.3 Å². The summed E-state index contributed by atoms with van der Waals surface area (Å²) in [4.78, 5) is 23.4. The van der Waals surface area contributed by atoms with Gasteiger partial charge in [-0.1, -0.05) is 12.1 Å². The molecule has 0 aliphatic carbocycles. The first-order chi connectivity index (χ1) is 12.3. The molecule has 1 unspecified atom stereocenters. The SMILES string of the molecule is Cc1ccc(C(C)Nc2ccc(-c3nc(C)c(C)c(=O)[nH]3)cn2)cc1F. The minimum atomic E-state index is -0.218. The van der Waals surface area contributed by atoms with Crippen molar-refractivity contribution < 1.29 is 4.39 Å². The zero-order chi connectivity index (χ0) is 18.8. The van der Waals surface area contributed by atoms with Crippen LogP contribution in [0.1, 0.15) is 35.3 Å². The molecule has 0 amide bonds. The summed E-state index contributed by atoms with van der Waals surface area (Å²) >= 11 is 0. The Kier molecular flexibility index (Phi) is 4.84. The maximum absolute atomic E-state index is 13.7. The van der Waals surface area contributed by atoms with Crippen LogP contribution < -0.4 is 10.9 Å². The molecule has 0 radical (unpaired) electrons. The van der Waals surface area contributed by atoms with E-state index in [4.69, 9.17) is 0 Å². The fourth-order valence-electron chi connectivity index (χ4n) is 2.58. The number of pyridine rings is 1. The number of aryl methyl sites for hydroxylation is 2. The topological polar surface area (TPSA) is 70.7 Å². The van der Waals surface area contributed by atoms with E-state index in [1.165, 1.54) is 6.07 Å².